The third-order valence-electron chi connectivity index (χ3n) is 7.01. The van der Waals surface area contributed by atoms with Crippen molar-refractivity contribution in [2.75, 3.05) is 6.54 Å². The second-order valence-corrected chi connectivity index (χ2v) is 11.5. The topological polar surface area (TPSA) is 80.0 Å². The molecule has 1 fully saturated rings. The third kappa shape index (κ3) is 6.39. The summed E-state index contributed by atoms with van der Waals surface area (Å²) in [6.07, 6.45) is 8.03. The minimum absolute atomic E-state index is 0.199. The molecular formula is C27H41ClN4O2. The van der Waals surface area contributed by atoms with Crippen molar-refractivity contribution in [1.82, 2.24) is 20.1 Å². The molecule has 188 valence electrons. The quantitative estimate of drug-likeness (QED) is 0.489. The summed E-state index contributed by atoms with van der Waals surface area (Å²) in [7, 11) is 0. The fraction of sp³-hybridized carbons (Fsp3) is 0.667. The van der Waals surface area contributed by atoms with Crippen LogP contribution in [0.15, 0.2) is 12.3 Å². The van der Waals surface area contributed by atoms with Crippen molar-refractivity contribution in [1.29, 1.82) is 0 Å². The standard InChI is InChI=1S/C27H41ClN4O2/c1-7-19-15-20(11-12-26(4,5)6)29-16-21(19)24-22(28)23(31-32(24)8-2)25(33)30-17-27(34)13-9-18(3)10-14-27/h15-16,18,34H,7-14,17H2,1-6H3,(H,30,33). The molecule has 0 radical (unpaired) electrons. The van der Waals surface area contributed by atoms with E-state index >= 15 is 0 Å². The molecule has 1 saturated carbocycles. The Morgan fingerprint density at radius 3 is 2.56 bits per heavy atom. The summed E-state index contributed by atoms with van der Waals surface area (Å²) >= 11 is 6.77. The van der Waals surface area contributed by atoms with Crippen molar-refractivity contribution in [3.63, 3.8) is 0 Å². The van der Waals surface area contributed by atoms with Gasteiger partial charge in [0, 0.05) is 30.5 Å². The van der Waals surface area contributed by atoms with Crippen LogP contribution >= 0.6 is 11.6 Å². The lowest BCUT2D eigenvalue weighted by molar-refractivity contribution is -0.00544. The van der Waals surface area contributed by atoms with Crippen LogP contribution in [0.2, 0.25) is 5.02 Å². The number of rotatable bonds is 8. The van der Waals surface area contributed by atoms with Crippen LogP contribution in [0.1, 0.15) is 95.4 Å². The number of halogens is 1. The molecular weight excluding hydrogens is 448 g/mol. The lowest BCUT2D eigenvalue weighted by Crippen LogP contribution is -2.45. The van der Waals surface area contributed by atoms with Gasteiger partial charge in [-0.05, 0) is 74.8 Å². The minimum atomic E-state index is -0.854. The molecule has 2 aromatic heterocycles. The van der Waals surface area contributed by atoms with E-state index in [2.05, 4.69) is 51.1 Å². The van der Waals surface area contributed by atoms with Gasteiger partial charge in [-0.3, -0.25) is 14.5 Å². The van der Waals surface area contributed by atoms with Crippen molar-refractivity contribution in [3.05, 3.63) is 34.2 Å². The van der Waals surface area contributed by atoms with Crippen LogP contribution in [-0.4, -0.2) is 37.9 Å². The van der Waals surface area contributed by atoms with E-state index in [1.54, 1.807) is 4.68 Å². The summed E-state index contributed by atoms with van der Waals surface area (Å²) < 4.78 is 1.78. The largest absolute Gasteiger partial charge is 0.388 e. The van der Waals surface area contributed by atoms with Gasteiger partial charge in [0.15, 0.2) is 5.69 Å². The molecule has 0 aliphatic heterocycles. The lowest BCUT2D eigenvalue weighted by Gasteiger charge is -2.34. The first-order valence-corrected chi connectivity index (χ1v) is 13.1. The van der Waals surface area contributed by atoms with E-state index in [4.69, 9.17) is 16.6 Å². The minimum Gasteiger partial charge on any atom is -0.388 e. The molecule has 2 heterocycles. The maximum Gasteiger partial charge on any atom is 0.273 e. The third-order valence-corrected chi connectivity index (χ3v) is 7.36. The first-order valence-electron chi connectivity index (χ1n) is 12.7. The van der Waals surface area contributed by atoms with Crippen LogP contribution < -0.4 is 5.32 Å². The van der Waals surface area contributed by atoms with Crippen molar-refractivity contribution in [3.8, 4) is 11.3 Å². The van der Waals surface area contributed by atoms with Gasteiger partial charge >= 0.3 is 0 Å². The molecule has 0 unspecified atom stereocenters. The molecule has 1 amide bonds. The number of pyridine rings is 1. The molecule has 0 bridgehead atoms. The van der Waals surface area contributed by atoms with E-state index in [1.165, 1.54) is 0 Å². The van der Waals surface area contributed by atoms with Gasteiger partial charge in [-0.15, -0.1) is 0 Å². The molecule has 0 spiro atoms. The average Bonchev–Trinajstić information content (AvgIpc) is 3.13. The Balaban J connectivity index is 1.83. The Labute approximate surface area is 209 Å². The van der Waals surface area contributed by atoms with Crippen molar-refractivity contribution in [2.24, 2.45) is 11.3 Å². The van der Waals surface area contributed by atoms with E-state index in [0.717, 1.165) is 54.6 Å². The zero-order valence-electron chi connectivity index (χ0n) is 21.7. The maximum atomic E-state index is 13.0. The van der Waals surface area contributed by atoms with Gasteiger partial charge in [-0.25, -0.2) is 0 Å². The number of aryl methyl sites for hydroxylation is 3. The summed E-state index contributed by atoms with van der Waals surface area (Å²) in [5, 5.41) is 18.6. The van der Waals surface area contributed by atoms with E-state index in [-0.39, 0.29) is 23.6 Å². The number of carbonyl (C=O) groups excluding carboxylic acids is 1. The number of nitrogens with zero attached hydrogens (tertiary/aromatic N) is 3. The first-order chi connectivity index (χ1) is 16.0. The van der Waals surface area contributed by atoms with Gasteiger partial charge in [-0.2, -0.15) is 5.10 Å². The molecule has 0 saturated heterocycles. The van der Waals surface area contributed by atoms with Crippen LogP contribution in [0.4, 0.5) is 0 Å². The highest BCUT2D eigenvalue weighted by atomic mass is 35.5. The van der Waals surface area contributed by atoms with E-state index in [0.29, 0.717) is 30.3 Å². The Morgan fingerprint density at radius 2 is 1.97 bits per heavy atom. The Kier molecular flexibility index (Phi) is 8.46. The fourth-order valence-corrected chi connectivity index (χ4v) is 4.89. The predicted molar refractivity (Wildman–Crippen MR) is 138 cm³/mol. The zero-order valence-corrected chi connectivity index (χ0v) is 22.4. The van der Waals surface area contributed by atoms with E-state index in [1.807, 2.05) is 13.1 Å². The molecule has 2 N–H and O–H groups in total. The number of aliphatic hydroxyl groups is 1. The molecule has 6 nitrogen and oxygen atoms in total. The van der Waals surface area contributed by atoms with E-state index < -0.39 is 5.60 Å². The summed E-state index contributed by atoms with van der Waals surface area (Å²) in [5.41, 5.74) is 3.46. The number of aromatic nitrogens is 3. The van der Waals surface area contributed by atoms with Crippen molar-refractivity contribution >= 4 is 17.5 Å². The second-order valence-electron chi connectivity index (χ2n) is 11.2. The Hall–Kier alpha value is -1.92. The number of hydrogen-bond donors (Lipinski definition) is 2. The highest BCUT2D eigenvalue weighted by Crippen LogP contribution is 2.35. The van der Waals surface area contributed by atoms with Gasteiger partial charge in [0.25, 0.3) is 5.91 Å². The van der Waals surface area contributed by atoms with Crippen LogP contribution in [0.3, 0.4) is 0 Å². The van der Waals surface area contributed by atoms with Crippen LogP contribution in [0, 0.1) is 11.3 Å². The highest BCUT2D eigenvalue weighted by Gasteiger charge is 2.33. The van der Waals surface area contributed by atoms with Crippen molar-refractivity contribution < 1.29 is 9.90 Å². The maximum absolute atomic E-state index is 13.0. The molecule has 1 aliphatic rings. The van der Waals surface area contributed by atoms with Crippen LogP contribution in [0.25, 0.3) is 11.3 Å². The van der Waals surface area contributed by atoms with Gasteiger partial charge in [0.1, 0.15) is 0 Å². The summed E-state index contributed by atoms with van der Waals surface area (Å²) in [5.74, 6) is 0.271. The average molecular weight is 489 g/mol. The lowest BCUT2D eigenvalue weighted by atomic mass is 9.79. The summed E-state index contributed by atoms with van der Waals surface area (Å²) in [6.45, 7) is 13.8. The molecule has 1 aliphatic carbocycles. The second kappa shape index (κ2) is 10.8. The van der Waals surface area contributed by atoms with Gasteiger partial charge in [-0.1, -0.05) is 46.2 Å². The number of nitrogens with one attached hydrogen (secondary N) is 1. The fourth-order valence-electron chi connectivity index (χ4n) is 4.57. The van der Waals surface area contributed by atoms with Crippen LogP contribution in [0.5, 0.6) is 0 Å². The molecule has 7 heteroatoms. The normalized spacial score (nSPS) is 21.0. The Bertz CT molecular complexity index is 1000. The summed E-state index contributed by atoms with van der Waals surface area (Å²) in [6, 6.07) is 2.16. The van der Waals surface area contributed by atoms with Crippen LogP contribution in [-0.2, 0) is 19.4 Å². The SMILES string of the molecule is CCc1cc(CCC(C)(C)C)ncc1-c1c(Cl)c(C(=O)NCC2(O)CCC(C)CC2)nn1CC. The monoisotopic (exact) mass is 488 g/mol. The van der Waals surface area contributed by atoms with E-state index in [9.17, 15) is 9.90 Å². The predicted octanol–water partition coefficient (Wildman–Crippen LogP) is 5.83. The smallest absolute Gasteiger partial charge is 0.273 e. The molecule has 2 aromatic rings. The molecule has 34 heavy (non-hydrogen) atoms. The van der Waals surface area contributed by atoms with Gasteiger partial charge in [0.05, 0.1) is 16.3 Å². The molecule has 0 aromatic carbocycles. The molecule has 0 atom stereocenters. The van der Waals surface area contributed by atoms with Gasteiger partial charge < -0.3 is 10.4 Å². The number of hydrogen-bond acceptors (Lipinski definition) is 4. The summed E-state index contributed by atoms with van der Waals surface area (Å²) in [4.78, 5) is 17.7. The number of amides is 1. The Morgan fingerprint density at radius 1 is 1.29 bits per heavy atom. The zero-order chi connectivity index (χ0) is 25.1. The van der Waals surface area contributed by atoms with Gasteiger partial charge in [0.2, 0.25) is 0 Å². The first kappa shape index (κ1) is 26.7. The van der Waals surface area contributed by atoms with Crippen molar-refractivity contribution in [2.45, 2.75) is 98.6 Å². The number of carbonyl (C=O) groups is 1. The highest BCUT2D eigenvalue weighted by molar-refractivity contribution is 6.36. The molecule has 3 rings (SSSR count).